The van der Waals surface area contributed by atoms with Crippen LogP contribution in [0.15, 0.2) is 5.11 Å². The fraction of sp³-hybridized carbons (Fsp3) is 0.808. The zero-order chi connectivity index (χ0) is 60.0. The van der Waals surface area contributed by atoms with Gasteiger partial charge in [-0.3, -0.25) is 47.9 Å². The normalized spacial score (nSPS) is 13.8. The number of ether oxygens (including phenoxy) is 9. The van der Waals surface area contributed by atoms with Gasteiger partial charge >= 0.3 is 29.8 Å². The molecule has 0 saturated heterocycles. The highest BCUT2D eigenvalue weighted by molar-refractivity contribution is 5.97. The van der Waals surface area contributed by atoms with Crippen molar-refractivity contribution in [2.75, 3.05) is 73.0 Å². The third-order valence-electron chi connectivity index (χ3n) is 10.2. The molecule has 0 heterocycles. The minimum absolute atomic E-state index is 0.0661. The fourth-order valence-corrected chi connectivity index (χ4v) is 6.58. The van der Waals surface area contributed by atoms with Gasteiger partial charge in [-0.25, -0.2) is 0 Å². The van der Waals surface area contributed by atoms with Crippen LogP contribution in [-0.4, -0.2) is 184 Å². The number of nitrogens with zero attached hydrogens (tertiary/aromatic N) is 4. The predicted molar refractivity (Wildman–Crippen MR) is 281 cm³/mol. The third kappa shape index (κ3) is 35.5. The molecule has 0 aliphatic rings. The fourth-order valence-electron chi connectivity index (χ4n) is 6.58. The molecular weight excluding hydrogens is 1030 g/mol. The topological polar surface area (TPSA) is 342 Å². The maximum atomic E-state index is 14.3. The molecule has 0 rings (SSSR count). The Labute approximate surface area is 459 Å². The van der Waals surface area contributed by atoms with Crippen LogP contribution in [0.4, 0.5) is 0 Å². The Bertz CT molecular complexity index is 2020. The summed E-state index contributed by atoms with van der Waals surface area (Å²) in [4.78, 5) is 136. The van der Waals surface area contributed by atoms with Crippen LogP contribution in [0.25, 0.3) is 10.4 Å². The lowest BCUT2D eigenvalue weighted by Crippen LogP contribution is -2.55. The van der Waals surface area contributed by atoms with E-state index in [-0.39, 0.29) is 51.8 Å². The average Bonchev–Trinajstić information content (AvgIpc) is 3.28. The molecule has 0 spiro atoms. The van der Waals surface area contributed by atoms with Gasteiger partial charge in [0.15, 0.2) is 11.9 Å². The van der Waals surface area contributed by atoms with Crippen molar-refractivity contribution < 1.29 is 90.6 Å². The molecule has 3 N–H and O–H groups in total. The monoisotopic (exact) mass is 1120 g/mol. The molecule has 0 aromatic rings. The highest BCUT2D eigenvalue weighted by Crippen LogP contribution is 2.21. The van der Waals surface area contributed by atoms with Crippen molar-refractivity contribution in [2.24, 2.45) is 17.0 Å². The molecule has 26 heteroatoms. The van der Waals surface area contributed by atoms with Crippen LogP contribution in [0.1, 0.15) is 142 Å². The molecule has 26 nitrogen and oxygen atoms in total. The number of nitrogens with one attached hydrogen (secondary N) is 3. The lowest BCUT2D eigenvalue weighted by Gasteiger charge is -2.31. The van der Waals surface area contributed by atoms with Gasteiger partial charge < -0.3 is 63.5 Å². The van der Waals surface area contributed by atoms with E-state index in [0.717, 1.165) is 4.90 Å². The number of hydrogen-bond acceptors (Lipinski definition) is 20. The molecule has 0 aromatic carbocycles. The Balaban J connectivity index is 5.99. The summed E-state index contributed by atoms with van der Waals surface area (Å²) in [5, 5.41) is 10.8. The average molecular weight is 1120 g/mol. The molecule has 0 aromatic heterocycles. The van der Waals surface area contributed by atoms with Gasteiger partial charge in [0, 0.05) is 37.3 Å². The number of azide groups is 1. The number of ketones is 1. The number of hydrogen-bond donors (Lipinski definition) is 3. The van der Waals surface area contributed by atoms with Crippen LogP contribution in [0.5, 0.6) is 0 Å². The van der Waals surface area contributed by atoms with Gasteiger partial charge in [0.1, 0.15) is 41.0 Å². The Morgan fingerprint density at radius 1 is 0.526 bits per heavy atom. The number of amides is 4. The standard InChI is InChI=1S/C52H89N7O19/c1-33(2)35(29-38(60)36(17-18-40(61)75-49(4,5)6)56-47(68)39(74-44(65)32-55-58-53)31-43(64)78-52(13,14)15)46(67)57-37(30-42(63)77-51(10,11)12)48(69)59(16)34(3)45(66)54-20-22-71-24-26-73-28-27-72-25-23-70-21-19-41(62)76-50(7,8)9/h33-37,39H,17-32H2,1-16H3,(H,54,66)(H,56,68)(H,57,67)/t34-,35-,36-,37+,39+/m0/s1. The Kier molecular flexibility index (Phi) is 32.8. The highest BCUT2D eigenvalue weighted by atomic mass is 16.6. The number of esters is 5. The summed E-state index contributed by atoms with van der Waals surface area (Å²) in [7, 11) is 1.31. The molecule has 0 saturated carbocycles. The van der Waals surface area contributed by atoms with Gasteiger partial charge in [0.2, 0.25) is 17.7 Å². The summed E-state index contributed by atoms with van der Waals surface area (Å²) in [6, 6.07) is -4.27. The van der Waals surface area contributed by atoms with Gasteiger partial charge in [0.25, 0.3) is 5.91 Å². The smallest absolute Gasteiger partial charge is 0.312 e. The second-order valence-corrected chi connectivity index (χ2v) is 22.4. The van der Waals surface area contributed by atoms with E-state index in [9.17, 15) is 47.9 Å². The van der Waals surface area contributed by atoms with Crippen molar-refractivity contribution in [2.45, 2.75) is 189 Å². The summed E-state index contributed by atoms with van der Waals surface area (Å²) in [6.07, 6.45) is -4.63. The predicted octanol–water partition coefficient (Wildman–Crippen LogP) is 3.76. The molecule has 0 aliphatic carbocycles. The van der Waals surface area contributed by atoms with Crippen LogP contribution in [-0.2, 0) is 90.6 Å². The summed E-state index contributed by atoms with van der Waals surface area (Å²) in [5.41, 5.74) is 5.22. The van der Waals surface area contributed by atoms with Gasteiger partial charge in [-0.15, -0.1) is 0 Å². The second kappa shape index (κ2) is 35.5. The van der Waals surface area contributed by atoms with Crippen molar-refractivity contribution in [3.8, 4) is 0 Å². The summed E-state index contributed by atoms with van der Waals surface area (Å²) in [5.74, 6) is -10.2. The highest BCUT2D eigenvalue weighted by Gasteiger charge is 2.38. The van der Waals surface area contributed by atoms with Crippen molar-refractivity contribution in [1.82, 2.24) is 20.9 Å². The zero-order valence-electron chi connectivity index (χ0n) is 48.8. The van der Waals surface area contributed by atoms with Crippen LogP contribution in [0.3, 0.4) is 0 Å². The first-order chi connectivity index (χ1) is 35.9. The molecule has 0 radical (unpaired) electrons. The van der Waals surface area contributed by atoms with E-state index < -0.39 is 144 Å². The van der Waals surface area contributed by atoms with E-state index in [1.165, 1.54) is 14.0 Å². The van der Waals surface area contributed by atoms with Crippen LogP contribution < -0.4 is 16.0 Å². The van der Waals surface area contributed by atoms with Gasteiger partial charge in [0.05, 0.1) is 78.2 Å². The Morgan fingerprint density at radius 2 is 0.962 bits per heavy atom. The molecule has 0 aliphatic heterocycles. The molecular formula is C52H89N7O19. The van der Waals surface area contributed by atoms with Crippen LogP contribution in [0, 0.1) is 11.8 Å². The molecule has 446 valence electrons. The van der Waals surface area contributed by atoms with E-state index in [1.54, 1.807) is 96.9 Å². The van der Waals surface area contributed by atoms with Crippen molar-refractivity contribution >= 4 is 59.3 Å². The molecule has 4 amide bonds. The van der Waals surface area contributed by atoms with Crippen molar-refractivity contribution in [1.29, 1.82) is 0 Å². The minimum Gasteiger partial charge on any atom is -0.460 e. The zero-order valence-corrected chi connectivity index (χ0v) is 48.8. The first-order valence-electron chi connectivity index (χ1n) is 26.0. The Morgan fingerprint density at radius 3 is 1.44 bits per heavy atom. The lowest BCUT2D eigenvalue weighted by atomic mass is 9.87. The molecule has 0 bridgehead atoms. The van der Waals surface area contributed by atoms with Crippen molar-refractivity contribution in [3.05, 3.63) is 10.4 Å². The maximum absolute atomic E-state index is 14.3. The quantitative estimate of drug-likeness (QED) is 0.0201. The molecule has 5 atom stereocenters. The van der Waals surface area contributed by atoms with Gasteiger partial charge in [-0.2, -0.15) is 0 Å². The van der Waals surface area contributed by atoms with E-state index >= 15 is 0 Å². The summed E-state index contributed by atoms with van der Waals surface area (Å²) < 4.78 is 48.4. The second-order valence-electron chi connectivity index (χ2n) is 22.4. The number of carbonyl (C=O) groups excluding carboxylic acids is 10. The lowest BCUT2D eigenvalue weighted by molar-refractivity contribution is -0.165. The van der Waals surface area contributed by atoms with E-state index in [2.05, 4.69) is 26.0 Å². The SMILES string of the molecule is CC(C)[C@H](CC(=O)[C@H](CCC(=O)OC(C)(C)C)NC(=O)[C@@H](CC(=O)OC(C)(C)C)OC(=O)CN=[N+]=[N-])C(=O)N[C@H](CC(=O)OC(C)(C)C)C(=O)N(C)[C@@H](C)C(=O)NCCOCCOCCOCCOCCC(=O)OC(C)(C)C. The van der Waals surface area contributed by atoms with Crippen molar-refractivity contribution in [3.63, 3.8) is 0 Å². The minimum atomic E-state index is -1.90. The van der Waals surface area contributed by atoms with Gasteiger partial charge in [-0.05, 0) is 108 Å². The first kappa shape index (κ1) is 72.0. The van der Waals surface area contributed by atoms with E-state index in [1.807, 2.05) is 0 Å². The number of carbonyl (C=O) groups is 10. The molecule has 78 heavy (non-hydrogen) atoms. The maximum Gasteiger partial charge on any atom is 0.312 e. The largest absolute Gasteiger partial charge is 0.460 e. The summed E-state index contributed by atoms with van der Waals surface area (Å²) in [6.45, 7) is 25.7. The van der Waals surface area contributed by atoms with E-state index in [4.69, 9.17) is 48.2 Å². The third-order valence-corrected chi connectivity index (χ3v) is 10.2. The van der Waals surface area contributed by atoms with Gasteiger partial charge in [-0.1, -0.05) is 19.0 Å². The molecule has 0 unspecified atom stereocenters. The number of likely N-dealkylation sites (N-methyl/N-ethyl adjacent to an activating group) is 1. The van der Waals surface area contributed by atoms with Crippen LogP contribution in [0.2, 0.25) is 0 Å². The summed E-state index contributed by atoms with van der Waals surface area (Å²) >= 11 is 0. The number of Topliss-reactive ketones (excluding diaryl/α,β-unsaturated/α-hetero) is 1. The Hall–Kier alpha value is -5.95. The first-order valence-corrected chi connectivity index (χ1v) is 26.0. The van der Waals surface area contributed by atoms with E-state index in [0.29, 0.717) is 26.4 Å². The van der Waals surface area contributed by atoms with Crippen LogP contribution >= 0.6 is 0 Å². The number of rotatable bonds is 36. The molecule has 0 fully saturated rings.